The number of nitrogens with zero attached hydrogens (tertiary/aromatic N) is 1. The Morgan fingerprint density at radius 3 is 2.55 bits per heavy atom. The lowest BCUT2D eigenvalue weighted by atomic mass is 9.79. The second-order valence-electron chi connectivity index (χ2n) is 7.63. The molecular formula is C22H24ClN2O4+. The summed E-state index contributed by atoms with van der Waals surface area (Å²) in [7, 11) is 0. The summed E-state index contributed by atoms with van der Waals surface area (Å²) < 4.78 is 5.40. The van der Waals surface area contributed by atoms with E-state index < -0.39 is 17.4 Å². The van der Waals surface area contributed by atoms with E-state index in [1.165, 1.54) is 4.90 Å². The van der Waals surface area contributed by atoms with E-state index in [2.05, 4.69) is 0 Å². The van der Waals surface area contributed by atoms with Crippen molar-refractivity contribution >= 4 is 29.0 Å². The number of carbonyl (C=O) groups is 2. The Morgan fingerprint density at radius 2 is 1.86 bits per heavy atom. The number of Topliss-reactive ketones (excluding diaryl/α,β-unsaturated/α-hetero) is 1. The minimum atomic E-state index is -1.90. The molecule has 0 unspecified atom stereocenters. The molecule has 2 aliphatic heterocycles. The van der Waals surface area contributed by atoms with Gasteiger partial charge in [0.1, 0.15) is 13.1 Å². The van der Waals surface area contributed by atoms with Crippen LogP contribution in [-0.2, 0) is 15.1 Å². The number of fused-ring (bicyclic) bond motifs is 1. The van der Waals surface area contributed by atoms with Gasteiger partial charge in [0.15, 0.2) is 18.1 Å². The highest BCUT2D eigenvalue weighted by Crippen LogP contribution is 2.45. The summed E-state index contributed by atoms with van der Waals surface area (Å²) in [6.07, 6.45) is 0. The quantitative estimate of drug-likeness (QED) is 0.721. The normalized spacial score (nSPS) is 23.1. The summed E-state index contributed by atoms with van der Waals surface area (Å²) in [5.74, 6) is -1.69. The van der Waals surface area contributed by atoms with Gasteiger partial charge in [0, 0.05) is 16.1 Å². The number of rotatable bonds is 5. The van der Waals surface area contributed by atoms with Crippen LogP contribution in [0.4, 0.5) is 5.69 Å². The fraction of sp³-hybridized carbons (Fsp3) is 0.364. The first-order chi connectivity index (χ1) is 13.9. The number of anilines is 1. The highest BCUT2D eigenvalue weighted by atomic mass is 35.5. The molecule has 0 radical (unpaired) electrons. The zero-order valence-electron chi connectivity index (χ0n) is 16.2. The van der Waals surface area contributed by atoms with Crippen LogP contribution in [0.25, 0.3) is 0 Å². The number of morpholine rings is 1. The van der Waals surface area contributed by atoms with Gasteiger partial charge < -0.3 is 14.7 Å². The molecule has 2 aromatic rings. The van der Waals surface area contributed by atoms with E-state index in [4.69, 9.17) is 16.3 Å². The molecule has 0 saturated carbocycles. The number of para-hydroxylation sites is 1. The highest BCUT2D eigenvalue weighted by Gasteiger charge is 2.56. The SMILES string of the molecule is C[C@@H](C(=O)c1ccc(Cl)cc1)[C@@]1(O)C(=O)N(C[NH+]2CCOCC2)c2ccccc21. The number of aliphatic hydroxyl groups is 1. The van der Waals surface area contributed by atoms with Gasteiger partial charge in [-0.3, -0.25) is 14.5 Å². The van der Waals surface area contributed by atoms with Crippen LogP contribution in [-0.4, -0.2) is 49.8 Å². The Kier molecular flexibility index (Phi) is 5.44. The fourth-order valence-electron chi connectivity index (χ4n) is 4.13. The third kappa shape index (κ3) is 3.46. The minimum absolute atomic E-state index is 0.298. The van der Waals surface area contributed by atoms with Crippen LogP contribution in [0.1, 0.15) is 22.8 Å². The number of hydrogen-bond acceptors (Lipinski definition) is 4. The van der Waals surface area contributed by atoms with Gasteiger partial charge in [-0.25, -0.2) is 0 Å². The van der Waals surface area contributed by atoms with E-state index in [0.29, 0.717) is 41.7 Å². The number of benzene rings is 2. The molecule has 2 aliphatic rings. The number of quaternary nitrogens is 1. The van der Waals surface area contributed by atoms with Crippen LogP contribution in [0, 0.1) is 5.92 Å². The Bertz CT molecular complexity index is 927. The summed E-state index contributed by atoms with van der Waals surface area (Å²) in [6, 6.07) is 13.7. The van der Waals surface area contributed by atoms with Crippen molar-refractivity contribution in [3.63, 3.8) is 0 Å². The van der Waals surface area contributed by atoms with Crippen molar-refractivity contribution < 1.29 is 24.3 Å². The van der Waals surface area contributed by atoms with Crippen LogP contribution in [0.15, 0.2) is 48.5 Å². The molecule has 2 aromatic carbocycles. The van der Waals surface area contributed by atoms with Gasteiger partial charge in [-0.2, -0.15) is 0 Å². The molecule has 29 heavy (non-hydrogen) atoms. The number of nitrogens with one attached hydrogen (secondary N) is 1. The first kappa shape index (κ1) is 20.0. The maximum absolute atomic E-state index is 13.4. The van der Waals surface area contributed by atoms with Crippen molar-refractivity contribution in [2.24, 2.45) is 5.92 Å². The summed E-state index contributed by atoms with van der Waals surface area (Å²) in [6.45, 7) is 4.93. The molecule has 0 spiro atoms. The molecule has 1 saturated heterocycles. The van der Waals surface area contributed by atoms with Crippen molar-refractivity contribution in [1.82, 2.24) is 0 Å². The van der Waals surface area contributed by atoms with E-state index in [9.17, 15) is 14.7 Å². The molecule has 2 N–H and O–H groups in total. The molecule has 0 aliphatic carbocycles. The summed E-state index contributed by atoms with van der Waals surface area (Å²) in [5.41, 5.74) is -0.348. The third-order valence-corrected chi connectivity index (χ3v) is 6.16. The lowest BCUT2D eigenvalue weighted by Crippen LogP contribution is -3.15. The highest BCUT2D eigenvalue weighted by molar-refractivity contribution is 6.30. The average molecular weight is 416 g/mol. The molecule has 1 amide bonds. The Hall–Kier alpha value is -2.25. The van der Waals surface area contributed by atoms with Crippen LogP contribution in [0.2, 0.25) is 5.02 Å². The van der Waals surface area contributed by atoms with Gasteiger partial charge >= 0.3 is 0 Å². The fourth-order valence-corrected chi connectivity index (χ4v) is 4.26. The molecule has 152 valence electrons. The predicted octanol–water partition coefficient (Wildman–Crippen LogP) is 1.27. The Morgan fingerprint density at radius 1 is 1.21 bits per heavy atom. The second-order valence-corrected chi connectivity index (χ2v) is 8.07. The maximum Gasteiger partial charge on any atom is 0.268 e. The standard InChI is InChI=1S/C22H23ClN2O4/c1-15(20(26)16-6-8-17(23)9-7-16)22(28)18-4-2-3-5-19(18)25(21(22)27)14-24-10-12-29-13-11-24/h2-9,15,28H,10-14H2,1H3/p+1/t15-,22-/m0/s1. The number of halogens is 1. The topological polar surface area (TPSA) is 71.3 Å². The summed E-state index contributed by atoms with van der Waals surface area (Å²) in [5, 5.41) is 12.1. The smallest absolute Gasteiger partial charge is 0.268 e. The van der Waals surface area contributed by atoms with Crippen LogP contribution in [0.3, 0.4) is 0 Å². The minimum Gasteiger partial charge on any atom is -0.375 e. The Balaban J connectivity index is 1.67. The predicted molar refractivity (Wildman–Crippen MR) is 109 cm³/mol. The lowest BCUT2D eigenvalue weighted by Gasteiger charge is -2.31. The second kappa shape index (κ2) is 7.88. The van der Waals surface area contributed by atoms with Crippen LogP contribution in [0.5, 0.6) is 0 Å². The molecule has 7 heteroatoms. The number of carbonyl (C=O) groups excluding carboxylic acids is 2. The zero-order valence-corrected chi connectivity index (χ0v) is 17.0. The van der Waals surface area contributed by atoms with Gasteiger partial charge in [-0.1, -0.05) is 36.7 Å². The number of ketones is 1. The van der Waals surface area contributed by atoms with Gasteiger partial charge in [0.05, 0.1) is 24.8 Å². The molecule has 2 atom stereocenters. The van der Waals surface area contributed by atoms with Gasteiger partial charge in [0.2, 0.25) is 0 Å². The third-order valence-electron chi connectivity index (χ3n) is 5.91. The van der Waals surface area contributed by atoms with Crippen molar-refractivity contribution in [3.8, 4) is 0 Å². The van der Waals surface area contributed by atoms with E-state index in [1.54, 1.807) is 48.2 Å². The molecule has 0 aromatic heterocycles. The molecule has 6 nitrogen and oxygen atoms in total. The first-order valence-corrected chi connectivity index (χ1v) is 10.2. The number of hydrogen-bond donors (Lipinski definition) is 2. The molecule has 0 bridgehead atoms. The van der Waals surface area contributed by atoms with Crippen molar-refractivity contribution in [2.75, 3.05) is 37.9 Å². The Labute approximate surface area is 174 Å². The van der Waals surface area contributed by atoms with E-state index >= 15 is 0 Å². The molecule has 4 rings (SSSR count). The summed E-state index contributed by atoms with van der Waals surface area (Å²) >= 11 is 5.92. The van der Waals surface area contributed by atoms with Crippen molar-refractivity contribution in [3.05, 3.63) is 64.7 Å². The van der Waals surface area contributed by atoms with Gasteiger partial charge in [-0.15, -0.1) is 0 Å². The lowest BCUT2D eigenvalue weighted by molar-refractivity contribution is -0.906. The van der Waals surface area contributed by atoms with Crippen molar-refractivity contribution in [1.29, 1.82) is 0 Å². The molecular weight excluding hydrogens is 392 g/mol. The number of amides is 1. The van der Waals surface area contributed by atoms with E-state index in [0.717, 1.165) is 13.1 Å². The maximum atomic E-state index is 13.4. The molecule has 1 fully saturated rings. The van der Waals surface area contributed by atoms with Crippen LogP contribution >= 0.6 is 11.6 Å². The van der Waals surface area contributed by atoms with Gasteiger partial charge in [-0.05, 0) is 30.3 Å². The molecule has 2 heterocycles. The largest absolute Gasteiger partial charge is 0.375 e. The summed E-state index contributed by atoms with van der Waals surface area (Å²) in [4.78, 5) is 29.4. The first-order valence-electron chi connectivity index (χ1n) is 9.78. The van der Waals surface area contributed by atoms with Crippen LogP contribution < -0.4 is 9.80 Å². The van der Waals surface area contributed by atoms with E-state index in [-0.39, 0.29) is 5.78 Å². The average Bonchev–Trinajstić information content (AvgIpc) is 2.97. The van der Waals surface area contributed by atoms with Crippen molar-refractivity contribution in [2.45, 2.75) is 12.5 Å². The zero-order chi connectivity index (χ0) is 20.6. The monoisotopic (exact) mass is 415 g/mol. The van der Waals surface area contributed by atoms with Gasteiger partial charge in [0.25, 0.3) is 5.91 Å². The van der Waals surface area contributed by atoms with E-state index in [1.807, 2.05) is 12.1 Å². The number of ether oxygens (including phenoxy) is 1.